The van der Waals surface area contributed by atoms with Crippen molar-refractivity contribution in [2.75, 3.05) is 47.7 Å². The highest BCUT2D eigenvalue weighted by Crippen LogP contribution is 2.38. The number of amides is 1. The van der Waals surface area contributed by atoms with Crippen molar-refractivity contribution in [3.05, 3.63) is 47.6 Å². The van der Waals surface area contributed by atoms with E-state index in [1.165, 1.54) is 12.0 Å². The number of aliphatic carboxylic acids is 1. The van der Waals surface area contributed by atoms with E-state index in [0.29, 0.717) is 76.6 Å². The van der Waals surface area contributed by atoms with Crippen LogP contribution in [0.3, 0.4) is 0 Å². The SMILES string of the molecule is COCCOC1CC2CCC(C)C(O)(O2)C(=O)C(=O)N2CCCCC2C(=O)OC(C(C)CC2CCC(OCCCC(=O)O)C(OC)C2)CC(=O)C(C)/C=C(\C)C(O)C(OC)C(=O)C(C)CC(C)/C=C/C=C/C=C/1C. The molecule has 3 aliphatic heterocycles. The first-order valence-corrected chi connectivity index (χ1v) is 27.0. The summed E-state index contributed by atoms with van der Waals surface area (Å²) < 4.78 is 41.6. The number of cyclic esters (lactones) is 1. The number of fused-ring (bicyclic) bond motifs is 3. The number of ether oxygens (including phenoxy) is 7. The van der Waals surface area contributed by atoms with Gasteiger partial charge in [0.15, 0.2) is 5.78 Å². The number of hydrogen-bond acceptors (Lipinski definition) is 15. The number of carboxylic acid groups (broad SMARTS) is 1. The monoisotopic (exact) mass is 1040 g/mol. The largest absolute Gasteiger partial charge is 0.481 e. The molecular formula is C57H89NO16. The standard InChI is InChI=1S/C57H89NO16/c1-35-17-12-11-13-18-36(2)47(72-28-27-68-8)33-43-23-21-41(7)57(67,74-43)54(64)55(65)58-25-15-14-19-44(58)56(66)73-48(34-45(59)37(3)30-40(6)52(63)53(70-10)51(62)39(5)29-35)38(4)31-42-22-24-46(49(32-42)69-9)71-26-16-20-50(60)61/h11-13,17-18,30,35,37-39,41-44,46-49,52-53,63,67H,14-16,19-29,31-34H2,1-10H3,(H,60,61)/b13-11+,17-12+,36-18+,40-30+. The highest BCUT2D eigenvalue weighted by Gasteiger charge is 2.53. The lowest BCUT2D eigenvalue weighted by atomic mass is 9.78. The van der Waals surface area contributed by atoms with E-state index >= 15 is 0 Å². The Hall–Kier alpha value is -3.94. The van der Waals surface area contributed by atoms with Gasteiger partial charge in [-0.1, -0.05) is 71.1 Å². The van der Waals surface area contributed by atoms with Crippen LogP contribution in [0, 0.1) is 35.5 Å². The minimum Gasteiger partial charge on any atom is -0.481 e. The summed E-state index contributed by atoms with van der Waals surface area (Å²) in [6, 6.07) is -1.18. The van der Waals surface area contributed by atoms with Crippen molar-refractivity contribution >= 4 is 35.2 Å². The van der Waals surface area contributed by atoms with Crippen LogP contribution in [0.1, 0.15) is 138 Å². The molecule has 0 aromatic carbocycles. The number of nitrogens with zero attached hydrogens (tertiary/aromatic N) is 1. The van der Waals surface area contributed by atoms with Crippen LogP contribution in [0.2, 0.25) is 0 Å². The molecule has 3 fully saturated rings. The smallest absolute Gasteiger partial charge is 0.329 e. The van der Waals surface area contributed by atoms with E-state index < -0.39 is 83.7 Å². The van der Waals surface area contributed by atoms with Crippen molar-refractivity contribution in [3.8, 4) is 0 Å². The van der Waals surface area contributed by atoms with Crippen molar-refractivity contribution in [1.82, 2.24) is 4.90 Å². The van der Waals surface area contributed by atoms with E-state index in [9.17, 15) is 39.0 Å². The molecule has 4 rings (SSSR count). The molecule has 1 saturated carbocycles. The molecule has 2 bridgehead atoms. The van der Waals surface area contributed by atoms with Crippen molar-refractivity contribution in [3.63, 3.8) is 0 Å². The first-order valence-electron chi connectivity index (χ1n) is 27.0. The predicted molar refractivity (Wildman–Crippen MR) is 277 cm³/mol. The van der Waals surface area contributed by atoms with Gasteiger partial charge in [-0.15, -0.1) is 0 Å². The number of carbonyl (C=O) groups excluding carboxylic acids is 5. The minimum absolute atomic E-state index is 0.00457. The number of ketones is 3. The summed E-state index contributed by atoms with van der Waals surface area (Å²) in [5.41, 5.74) is 1.22. The maximum atomic E-state index is 14.6. The predicted octanol–water partition coefficient (Wildman–Crippen LogP) is 7.09. The average Bonchev–Trinajstić information content (AvgIpc) is 3.37. The Kier molecular flexibility index (Phi) is 26.0. The van der Waals surface area contributed by atoms with Crippen LogP contribution in [-0.2, 0) is 61.9 Å². The fourth-order valence-corrected chi connectivity index (χ4v) is 10.9. The molecule has 2 saturated heterocycles. The molecule has 0 spiro atoms. The molecule has 3 N–H and O–H groups in total. The summed E-state index contributed by atoms with van der Waals surface area (Å²) in [7, 11) is 4.56. The molecule has 74 heavy (non-hydrogen) atoms. The molecule has 0 aromatic heterocycles. The average molecular weight is 1040 g/mol. The van der Waals surface area contributed by atoms with E-state index in [4.69, 9.17) is 38.3 Å². The normalized spacial score (nSPS) is 36.9. The lowest BCUT2D eigenvalue weighted by molar-refractivity contribution is -0.266. The molecule has 15 atom stereocenters. The third-order valence-corrected chi connectivity index (χ3v) is 15.6. The van der Waals surface area contributed by atoms with Crippen molar-refractivity contribution in [2.24, 2.45) is 35.5 Å². The van der Waals surface area contributed by atoms with E-state index in [2.05, 4.69) is 0 Å². The molecule has 1 amide bonds. The van der Waals surface area contributed by atoms with Crippen LogP contribution in [0.25, 0.3) is 0 Å². The van der Waals surface area contributed by atoms with Crippen LogP contribution in [0.4, 0.5) is 0 Å². The number of piperidine rings is 1. The van der Waals surface area contributed by atoms with Crippen molar-refractivity contribution in [1.29, 1.82) is 0 Å². The zero-order valence-corrected chi connectivity index (χ0v) is 45.9. The maximum absolute atomic E-state index is 14.6. The second kappa shape index (κ2) is 30.7. The van der Waals surface area contributed by atoms with E-state index in [-0.39, 0.29) is 80.4 Å². The number of aliphatic hydroxyl groups excluding tert-OH is 1. The second-order valence-electron chi connectivity index (χ2n) is 21.6. The number of carboxylic acids is 1. The Morgan fingerprint density at radius 3 is 2.28 bits per heavy atom. The summed E-state index contributed by atoms with van der Waals surface area (Å²) >= 11 is 0. The quantitative estimate of drug-likeness (QED) is 0.0683. The number of allylic oxidation sites excluding steroid dienone is 6. The van der Waals surface area contributed by atoms with Crippen LogP contribution < -0.4 is 0 Å². The zero-order chi connectivity index (χ0) is 54.7. The highest BCUT2D eigenvalue weighted by atomic mass is 16.6. The summed E-state index contributed by atoms with van der Waals surface area (Å²) in [4.78, 5) is 83.8. The van der Waals surface area contributed by atoms with Gasteiger partial charge in [0.2, 0.25) is 5.79 Å². The van der Waals surface area contributed by atoms with E-state index in [1.54, 1.807) is 41.1 Å². The molecule has 418 valence electrons. The number of rotatable bonds is 14. The Balaban J connectivity index is 1.69. The number of Topliss-reactive ketones (excluding diaryl/α,β-unsaturated/α-hetero) is 3. The molecule has 0 radical (unpaired) electrons. The van der Waals surface area contributed by atoms with Gasteiger partial charge >= 0.3 is 11.9 Å². The first kappa shape index (κ1) is 62.6. The Labute approximate surface area is 439 Å². The molecule has 4 aliphatic rings. The molecule has 0 aromatic rings. The second-order valence-corrected chi connectivity index (χ2v) is 21.6. The van der Waals surface area contributed by atoms with Crippen LogP contribution in [0.15, 0.2) is 47.6 Å². The zero-order valence-electron chi connectivity index (χ0n) is 45.9. The Bertz CT molecular complexity index is 1980. The van der Waals surface area contributed by atoms with Crippen LogP contribution in [-0.4, -0.2) is 158 Å². The molecule has 3 heterocycles. The fourth-order valence-electron chi connectivity index (χ4n) is 10.9. The molecule has 17 nitrogen and oxygen atoms in total. The highest BCUT2D eigenvalue weighted by molar-refractivity contribution is 6.39. The summed E-state index contributed by atoms with van der Waals surface area (Å²) in [6.07, 6.45) is 11.7. The van der Waals surface area contributed by atoms with Gasteiger partial charge in [0.25, 0.3) is 11.7 Å². The van der Waals surface area contributed by atoms with Gasteiger partial charge in [0.1, 0.15) is 30.1 Å². The van der Waals surface area contributed by atoms with Gasteiger partial charge in [-0.2, -0.15) is 0 Å². The maximum Gasteiger partial charge on any atom is 0.329 e. The number of hydrogen-bond donors (Lipinski definition) is 3. The number of carbonyl (C=O) groups is 6. The van der Waals surface area contributed by atoms with Gasteiger partial charge in [0, 0.05) is 71.5 Å². The fraction of sp³-hybridized carbons (Fsp3) is 0.754. The Morgan fingerprint density at radius 1 is 0.851 bits per heavy atom. The van der Waals surface area contributed by atoms with Crippen LogP contribution >= 0.6 is 0 Å². The van der Waals surface area contributed by atoms with Gasteiger partial charge in [-0.05, 0) is 113 Å². The van der Waals surface area contributed by atoms with Crippen LogP contribution in [0.5, 0.6) is 0 Å². The molecule has 15 unspecified atom stereocenters. The first-order chi connectivity index (χ1) is 35.1. The summed E-state index contributed by atoms with van der Waals surface area (Å²) in [5.74, 6) is -9.18. The third-order valence-electron chi connectivity index (χ3n) is 15.6. The number of aliphatic hydroxyl groups is 2. The van der Waals surface area contributed by atoms with Crippen molar-refractivity contribution < 1.29 is 77.2 Å². The number of esters is 1. The lowest BCUT2D eigenvalue weighted by Gasteiger charge is -2.43. The molecule has 1 aliphatic carbocycles. The Morgan fingerprint density at radius 2 is 1.59 bits per heavy atom. The summed E-state index contributed by atoms with van der Waals surface area (Å²) in [5, 5.41) is 32.7. The van der Waals surface area contributed by atoms with E-state index in [0.717, 1.165) is 12.0 Å². The number of methoxy groups -OCH3 is 3. The molecule has 17 heteroatoms. The van der Waals surface area contributed by atoms with E-state index in [1.807, 2.05) is 58.1 Å². The molecular weight excluding hydrogens is 955 g/mol. The van der Waals surface area contributed by atoms with Gasteiger partial charge < -0.3 is 53.4 Å². The summed E-state index contributed by atoms with van der Waals surface area (Å²) in [6.45, 7) is 13.6. The lowest BCUT2D eigenvalue weighted by Crippen LogP contribution is -2.61. The third kappa shape index (κ3) is 18.1. The van der Waals surface area contributed by atoms with Gasteiger partial charge in [-0.25, -0.2) is 4.79 Å². The minimum atomic E-state index is -2.48. The topological polar surface area (TPSA) is 231 Å². The van der Waals surface area contributed by atoms with Crippen molar-refractivity contribution in [2.45, 2.75) is 193 Å². The van der Waals surface area contributed by atoms with Gasteiger partial charge in [-0.3, -0.25) is 24.0 Å². The van der Waals surface area contributed by atoms with Gasteiger partial charge in [0.05, 0.1) is 37.6 Å².